The minimum atomic E-state index is -1.28. The van der Waals surface area contributed by atoms with Crippen molar-refractivity contribution in [2.24, 2.45) is 0 Å². The van der Waals surface area contributed by atoms with E-state index >= 15 is 0 Å². The Morgan fingerprint density at radius 1 is 1.25 bits per heavy atom. The number of carboxylic acid groups (broad SMARTS) is 1. The van der Waals surface area contributed by atoms with E-state index in [1.165, 1.54) is 41.1 Å². The van der Waals surface area contributed by atoms with Gasteiger partial charge in [-0.2, -0.15) is 4.73 Å². The number of β-lactam (4-membered cyclic amide) rings is 1. The molecule has 3 aliphatic rings. The molecule has 6 amide bonds. The summed E-state index contributed by atoms with van der Waals surface area (Å²) in [6.45, 7) is 0.626. The van der Waals surface area contributed by atoms with E-state index < -0.39 is 47.3 Å². The maximum atomic E-state index is 13.3. The lowest BCUT2D eigenvalue weighted by Gasteiger charge is -2.49. The van der Waals surface area contributed by atoms with Gasteiger partial charge in [-0.1, -0.05) is 17.8 Å². The Morgan fingerprint density at radius 2 is 2.08 bits per heavy atom. The SMILES string of the molecule is O=C(NC(C(=O)N[C@H]1C(=O)N2C(C(=O)O)=C(CSc3cccc[n+]3[O-])CSC12)c1cccs1)NN1CCNC1=O. The third-order valence-corrected chi connectivity index (χ3v) is 9.57. The van der Waals surface area contributed by atoms with Crippen LogP contribution in [0.2, 0.25) is 0 Å². The van der Waals surface area contributed by atoms with E-state index in [1.54, 1.807) is 35.7 Å². The number of urea groups is 2. The smallest absolute Gasteiger partial charge is 0.352 e. The van der Waals surface area contributed by atoms with Gasteiger partial charge in [0.1, 0.15) is 23.2 Å². The molecule has 2 unspecified atom stereocenters. The number of rotatable bonds is 9. The Balaban J connectivity index is 1.26. The molecule has 210 valence electrons. The van der Waals surface area contributed by atoms with Crippen molar-refractivity contribution in [1.82, 2.24) is 31.3 Å². The van der Waals surface area contributed by atoms with Crippen LogP contribution in [0.3, 0.4) is 0 Å². The Kier molecular flexibility index (Phi) is 8.04. The quantitative estimate of drug-likeness (QED) is 0.115. The molecular formula is C23H23N7O7S3. The van der Waals surface area contributed by atoms with Crippen molar-refractivity contribution in [3.05, 3.63) is 63.3 Å². The Morgan fingerprint density at radius 3 is 2.75 bits per heavy atom. The number of amides is 6. The second kappa shape index (κ2) is 11.6. The van der Waals surface area contributed by atoms with Crippen LogP contribution in [-0.2, 0) is 14.4 Å². The molecule has 40 heavy (non-hydrogen) atoms. The number of nitrogens with zero attached hydrogens (tertiary/aromatic N) is 3. The number of fused-ring (bicyclic) bond motifs is 1. The van der Waals surface area contributed by atoms with Gasteiger partial charge in [0.15, 0.2) is 6.20 Å². The molecule has 5 N–H and O–H groups in total. The van der Waals surface area contributed by atoms with Crippen LogP contribution in [0.15, 0.2) is 58.2 Å². The van der Waals surface area contributed by atoms with Crippen LogP contribution in [0.25, 0.3) is 0 Å². The second-order valence-corrected chi connectivity index (χ2v) is 11.8. The molecule has 0 aromatic carbocycles. The first-order chi connectivity index (χ1) is 19.2. The van der Waals surface area contributed by atoms with Crippen molar-refractivity contribution < 1.29 is 33.8 Å². The molecule has 2 fully saturated rings. The summed E-state index contributed by atoms with van der Waals surface area (Å²) in [5.41, 5.74) is 2.72. The van der Waals surface area contributed by atoms with Crippen molar-refractivity contribution in [1.29, 1.82) is 0 Å². The number of carboxylic acids is 1. The lowest BCUT2D eigenvalue weighted by molar-refractivity contribution is -0.645. The lowest BCUT2D eigenvalue weighted by Crippen LogP contribution is -2.71. The summed E-state index contributed by atoms with van der Waals surface area (Å²) >= 11 is 3.69. The van der Waals surface area contributed by atoms with E-state index in [4.69, 9.17) is 0 Å². The van der Waals surface area contributed by atoms with E-state index in [0.29, 0.717) is 26.8 Å². The first kappa shape index (κ1) is 27.6. The lowest BCUT2D eigenvalue weighted by atomic mass is 10.0. The Labute approximate surface area is 239 Å². The van der Waals surface area contributed by atoms with Gasteiger partial charge in [-0.15, -0.1) is 23.1 Å². The first-order valence-corrected chi connectivity index (χ1v) is 14.8. The summed E-state index contributed by atoms with van der Waals surface area (Å²) in [5.74, 6) is -2.04. The Hall–Kier alpha value is -3.96. The average Bonchev–Trinajstić information content (AvgIpc) is 3.61. The van der Waals surface area contributed by atoms with Crippen LogP contribution < -0.4 is 26.1 Å². The zero-order valence-corrected chi connectivity index (χ0v) is 23.0. The summed E-state index contributed by atoms with van der Waals surface area (Å²) in [5, 5.41) is 32.1. The summed E-state index contributed by atoms with van der Waals surface area (Å²) in [4.78, 5) is 64.5. The van der Waals surface area contributed by atoms with Gasteiger partial charge >= 0.3 is 18.0 Å². The van der Waals surface area contributed by atoms with Gasteiger partial charge in [-0.25, -0.2) is 24.8 Å². The highest BCUT2D eigenvalue weighted by Crippen LogP contribution is 2.41. The van der Waals surface area contributed by atoms with Crippen LogP contribution >= 0.6 is 34.9 Å². The van der Waals surface area contributed by atoms with Crippen LogP contribution in [0.5, 0.6) is 0 Å². The molecule has 2 aromatic rings. The number of nitrogens with one attached hydrogen (secondary N) is 4. The number of hydrazine groups is 1. The minimum Gasteiger partial charge on any atom is -0.618 e. The summed E-state index contributed by atoms with van der Waals surface area (Å²) in [6, 6.07) is 4.84. The number of thioether (sulfide) groups is 2. The highest BCUT2D eigenvalue weighted by Gasteiger charge is 2.54. The number of pyridine rings is 1. The molecule has 3 atom stereocenters. The van der Waals surface area contributed by atoms with Gasteiger partial charge in [-0.3, -0.25) is 14.5 Å². The summed E-state index contributed by atoms with van der Waals surface area (Å²) < 4.78 is 0.684. The predicted octanol–water partition coefficient (Wildman–Crippen LogP) is 0.193. The number of thiophene rings is 1. The molecular weight excluding hydrogens is 582 g/mol. The average molecular weight is 606 g/mol. The largest absolute Gasteiger partial charge is 0.618 e. The second-order valence-electron chi connectivity index (χ2n) is 8.72. The summed E-state index contributed by atoms with van der Waals surface area (Å²) in [7, 11) is 0. The molecule has 3 aliphatic heterocycles. The number of carbonyl (C=O) groups excluding carboxylic acids is 4. The van der Waals surface area contributed by atoms with Gasteiger partial charge in [0.2, 0.25) is 5.91 Å². The van der Waals surface area contributed by atoms with Gasteiger partial charge in [-0.05, 0) is 23.1 Å². The number of hydrogen-bond donors (Lipinski definition) is 5. The molecule has 2 aromatic heterocycles. The molecule has 5 rings (SSSR count). The van der Waals surface area contributed by atoms with Crippen molar-refractivity contribution >= 4 is 64.7 Å². The van der Waals surface area contributed by atoms with Gasteiger partial charge in [0.25, 0.3) is 10.9 Å². The van der Waals surface area contributed by atoms with Gasteiger partial charge in [0, 0.05) is 35.1 Å². The molecule has 14 nitrogen and oxygen atoms in total. The van der Waals surface area contributed by atoms with E-state index in [9.17, 15) is 34.3 Å². The molecule has 17 heteroatoms. The van der Waals surface area contributed by atoms with Crippen molar-refractivity contribution in [2.75, 3.05) is 24.6 Å². The topological polar surface area (TPSA) is 187 Å². The molecule has 0 radical (unpaired) electrons. The molecule has 0 aliphatic carbocycles. The number of hydrogen-bond acceptors (Lipinski definition) is 9. The minimum absolute atomic E-state index is 0.156. The third kappa shape index (κ3) is 5.52. The molecule has 5 heterocycles. The van der Waals surface area contributed by atoms with Crippen molar-refractivity contribution in [2.45, 2.75) is 22.5 Å². The molecule has 0 saturated carbocycles. The van der Waals surface area contributed by atoms with Crippen LogP contribution in [-0.4, -0.2) is 80.9 Å². The van der Waals surface area contributed by atoms with Crippen LogP contribution in [0, 0.1) is 5.21 Å². The normalized spacial score (nSPS) is 20.8. The van der Waals surface area contributed by atoms with Crippen molar-refractivity contribution in [3.63, 3.8) is 0 Å². The predicted molar refractivity (Wildman–Crippen MR) is 145 cm³/mol. The maximum Gasteiger partial charge on any atom is 0.352 e. The van der Waals surface area contributed by atoms with E-state index in [0.717, 1.165) is 9.91 Å². The fraction of sp³-hybridized carbons (Fsp3) is 0.304. The molecule has 2 saturated heterocycles. The maximum absolute atomic E-state index is 13.3. The molecule has 0 spiro atoms. The highest BCUT2D eigenvalue weighted by atomic mass is 32.2. The number of carbonyl (C=O) groups is 5. The zero-order chi connectivity index (χ0) is 28.4. The van der Waals surface area contributed by atoms with Gasteiger partial charge in [0.05, 0.1) is 6.54 Å². The fourth-order valence-corrected chi connectivity index (χ4v) is 7.47. The highest BCUT2D eigenvalue weighted by molar-refractivity contribution is 8.01. The monoisotopic (exact) mass is 605 g/mol. The van der Waals surface area contributed by atoms with Crippen LogP contribution in [0.4, 0.5) is 9.59 Å². The van der Waals surface area contributed by atoms with E-state index in [2.05, 4.69) is 21.4 Å². The molecule has 0 bridgehead atoms. The first-order valence-electron chi connectivity index (χ1n) is 11.9. The third-order valence-electron chi connectivity index (χ3n) is 6.19. The number of aromatic nitrogens is 1. The standard InChI is InChI=1S/C23H23N7O7S3/c31-18(15(13-4-3-9-38-13)26-22(35)27-28-8-6-24-23(28)36)25-16-19(32)30-17(21(33)34)12(11-40-20(16)30)10-39-14-5-1-2-7-29(14)37/h1-5,7,9,15-16,20H,6,8,10-11H2,(H,24,36)(H,25,31)(H,33,34)(H2,26,27,35)/t15?,16-,20?/m0/s1. The summed E-state index contributed by atoms with van der Waals surface area (Å²) in [6.07, 6.45) is 1.35. The van der Waals surface area contributed by atoms with Gasteiger partial charge < -0.3 is 26.3 Å². The van der Waals surface area contributed by atoms with E-state index in [-0.39, 0.29) is 23.7 Å². The number of aliphatic carboxylic acids is 1. The Bertz CT molecular complexity index is 1390. The zero-order valence-electron chi connectivity index (χ0n) is 20.6. The van der Waals surface area contributed by atoms with Crippen molar-refractivity contribution in [3.8, 4) is 0 Å². The van der Waals surface area contributed by atoms with E-state index in [1.807, 2.05) is 0 Å². The van der Waals surface area contributed by atoms with Crippen LogP contribution in [0.1, 0.15) is 10.9 Å². The fourth-order valence-electron chi connectivity index (χ4n) is 4.30.